The zero-order valence-electron chi connectivity index (χ0n) is 14.7. The Labute approximate surface area is 143 Å². The number of hydrogen-bond acceptors (Lipinski definition) is 4. The fourth-order valence-corrected chi connectivity index (χ4v) is 2.18. The van der Waals surface area contributed by atoms with Gasteiger partial charge in [0, 0.05) is 25.5 Å². The molecular weight excluding hydrogens is 302 g/mol. The Kier molecular flexibility index (Phi) is 6.07. The van der Waals surface area contributed by atoms with Crippen LogP contribution in [0.25, 0.3) is 0 Å². The summed E-state index contributed by atoms with van der Waals surface area (Å²) in [5.74, 6) is 0.558. The Bertz CT molecular complexity index is 667. The second-order valence-electron chi connectivity index (χ2n) is 6.01. The van der Waals surface area contributed by atoms with Crippen LogP contribution in [0.4, 0.5) is 17.1 Å². The van der Waals surface area contributed by atoms with Crippen LogP contribution in [0.1, 0.15) is 13.8 Å². The average molecular weight is 327 g/mol. The summed E-state index contributed by atoms with van der Waals surface area (Å²) < 4.78 is 5.70. The molecule has 2 aromatic rings. The molecule has 0 bridgehead atoms. The van der Waals surface area contributed by atoms with E-state index in [9.17, 15) is 4.79 Å². The van der Waals surface area contributed by atoms with Crippen molar-refractivity contribution in [3.8, 4) is 5.75 Å². The topological polar surface area (TPSA) is 53.6 Å². The van der Waals surface area contributed by atoms with Crippen molar-refractivity contribution < 1.29 is 9.53 Å². The molecule has 0 atom stereocenters. The second kappa shape index (κ2) is 8.24. The van der Waals surface area contributed by atoms with E-state index in [0.717, 1.165) is 11.4 Å². The van der Waals surface area contributed by atoms with Gasteiger partial charge >= 0.3 is 0 Å². The van der Waals surface area contributed by atoms with Crippen molar-refractivity contribution in [1.29, 1.82) is 0 Å². The smallest absolute Gasteiger partial charge is 0.243 e. The van der Waals surface area contributed by atoms with Gasteiger partial charge in [0.2, 0.25) is 5.91 Å². The minimum Gasteiger partial charge on any atom is -0.489 e. The van der Waals surface area contributed by atoms with Gasteiger partial charge in [0.1, 0.15) is 5.75 Å². The third-order valence-corrected chi connectivity index (χ3v) is 3.36. The molecule has 5 nitrogen and oxygen atoms in total. The minimum absolute atomic E-state index is 0.0522. The Hall–Kier alpha value is -2.69. The summed E-state index contributed by atoms with van der Waals surface area (Å²) in [6, 6.07) is 15.4. The molecule has 0 aliphatic carbocycles. The third kappa shape index (κ3) is 5.19. The normalized spacial score (nSPS) is 10.4. The van der Waals surface area contributed by atoms with Gasteiger partial charge in [0.25, 0.3) is 0 Å². The molecule has 0 radical (unpaired) electrons. The number of para-hydroxylation sites is 2. The van der Waals surface area contributed by atoms with Crippen molar-refractivity contribution in [3.63, 3.8) is 0 Å². The summed E-state index contributed by atoms with van der Waals surface area (Å²) in [6.07, 6.45) is 0.0522. The number of ether oxygens (including phenoxy) is 1. The second-order valence-corrected chi connectivity index (χ2v) is 6.01. The van der Waals surface area contributed by atoms with Crippen molar-refractivity contribution >= 4 is 23.0 Å². The Morgan fingerprint density at radius 2 is 1.75 bits per heavy atom. The molecule has 0 heterocycles. The molecule has 0 aromatic heterocycles. The zero-order valence-corrected chi connectivity index (χ0v) is 14.7. The fourth-order valence-electron chi connectivity index (χ4n) is 2.18. The summed E-state index contributed by atoms with van der Waals surface area (Å²) in [5.41, 5.74) is 2.70. The van der Waals surface area contributed by atoms with Gasteiger partial charge in [-0.25, -0.2) is 0 Å². The van der Waals surface area contributed by atoms with E-state index in [2.05, 4.69) is 10.6 Å². The quantitative estimate of drug-likeness (QED) is 0.816. The van der Waals surface area contributed by atoms with E-state index in [1.54, 1.807) is 0 Å². The van der Waals surface area contributed by atoms with E-state index in [0.29, 0.717) is 11.4 Å². The standard InChI is InChI=1S/C19H25N3O2/c1-14(2)24-18-8-6-5-7-17(18)21-19(23)13-20-15-9-11-16(12-10-15)22(3)4/h5-12,14,20H,13H2,1-4H3,(H,21,23). The lowest BCUT2D eigenvalue weighted by Crippen LogP contribution is -2.22. The van der Waals surface area contributed by atoms with Gasteiger partial charge in [-0.2, -0.15) is 0 Å². The predicted octanol–water partition coefficient (Wildman–Crippen LogP) is 3.59. The number of benzene rings is 2. The highest BCUT2D eigenvalue weighted by Crippen LogP contribution is 2.24. The highest BCUT2D eigenvalue weighted by molar-refractivity contribution is 5.95. The van der Waals surface area contributed by atoms with Crippen LogP contribution < -0.4 is 20.3 Å². The molecule has 0 unspecified atom stereocenters. The van der Waals surface area contributed by atoms with Crippen LogP contribution in [0.5, 0.6) is 5.75 Å². The fraction of sp³-hybridized carbons (Fsp3) is 0.316. The highest BCUT2D eigenvalue weighted by atomic mass is 16.5. The van der Waals surface area contributed by atoms with E-state index in [4.69, 9.17) is 4.74 Å². The van der Waals surface area contributed by atoms with Crippen molar-refractivity contribution in [2.75, 3.05) is 36.2 Å². The molecule has 0 aliphatic rings. The van der Waals surface area contributed by atoms with Crippen LogP contribution in [0.2, 0.25) is 0 Å². The molecular formula is C19H25N3O2. The molecule has 2 N–H and O–H groups in total. The van der Waals surface area contributed by atoms with E-state index in [1.165, 1.54) is 0 Å². The molecule has 0 fully saturated rings. The third-order valence-electron chi connectivity index (χ3n) is 3.36. The van der Waals surface area contributed by atoms with Crippen molar-refractivity contribution in [2.45, 2.75) is 20.0 Å². The summed E-state index contributed by atoms with van der Waals surface area (Å²) in [5, 5.41) is 6.00. The first-order valence-corrected chi connectivity index (χ1v) is 8.02. The molecule has 128 valence electrons. The van der Waals surface area contributed by atoms with Gasteiger partial charge in [-0.15, -0.1) is 0 Å². The molecule has 0 spiro atoms. The number of amides is 1. The molecule has 0 saturated carbocycles. The van der Waals surface area contributed by atoms with E-state index in [1.807, 2.05) is 81.4 Å². The lowest BCUT2D eigenvalue weighted by atomic mass is 10.2. The Balaban J connectivity index is 1.92. The van der Waals surface area contributed by atoms with Gasteiger partial charge < -0.3 is 20.3 Å². The molecule has 0 saturated heterocycles. The van der Waals surface area contributed by atoms with Gasteiger partial charge in [-0.3, -0.25) is 4.79 Å². The molecule has 0 aliphatic heterocycles. The number of rotatable bonds is 7. The SMILES string of the molecule is CC(C)Oc1ccccc1NC(=O)CNc1ccc(N(C)C)cc1. The average Bonchev–Trinajstić information content (AvgIpc) is 2.54. The molecule has 2 aromatic carbocycles. The molecule has 24 heavy (non-hydrogen) atoms. The Morgan fingerprint density at radius 3 is 2.38 bits per heavy atom. The molecule has 2 rings (SSSR count). The van der Waals surface area contributed by atoms with Gasteiger partial charge in [-0.1, -0.05) is 12.1 Å². The van der Waals surface area contributed by atoms with Crippen LogP contribution in [0.3, 0.4) is 0 Å². The van der Waals surface area contributed by atoms with Crippen LogP contribution in [0, 0.1) is 0 Å². The number of carbonyl (C=O) groups is 1. The van der Waals surface area contributed by atoms with Crippen molar-refractivity contribution in [2.24, 2.45) is 0 Å². The molecule has 1 amide bonds. The number of anilines is 3. The van der Waals surface area contributed by atoms with Crippen LogP contribution in [-0.4, -0.2) is 32.7 Å². The summed E-state index contributed by atoms with van der Waals surface area (Å²) in [7, 11) is 3.99. The lowest BCUT2D eigenvalue weighted by molar-refractivity contribution is -0.114. The van der Waals surface area contributed by atoms with Gasteiger partial charge in [0.05, 0.1) is 18.3 Å². The maximum atomic E-state index is 12.2. The van der Waals surface area contributed by atoms with Crippen LogP contribution in [-0.2, 0) is 4.79 Å². The molecule has 5 heteroatoms. The summed E-state index contributed by atoms with van der Waals surface area (Å²) >= 11 is 0. The lowest BCUT2D eigenvalue weighted by Gasteiger charge is -2.15. The summed E-state index contributed by atoms with van der Waals surface area (Å²) in [6.45, 7) is 4.10. The Morgan fingerprint density at radius 1 is 1.08 bits per heavy atom. The van der Waals surface area contributed by atoms with Crippen LogP contribution in [0.15, 0.2) is 48.5 Å². The van der Waals surface area contributed by atoms with Crippen LogP contribution >= 0.6 is 0 Å². The van der Waals surface area contributed by atoms with Crippen molar-refractivity contribution in [1.82, 2.24) is 0 Å². The highest BCUT2D eigenvalue weighted by Gasteiger charge is 2.08. The monoisotopic (exact) mass is 327 g/mol. The first kappa shape index (κ1) is 17.7. The number of nitrogens with zero attached hydrogens (tertiary/aromatic N) is 1. The number of hydrogen-bond donors (Lipinski definition) is 2. The number of nitrogens with one attached hydrogen (secondary N) is 2. The van der Waals surface area contributed by atoms with Crippen molar-refractivity contribution in [3.05, 3.63) is 48.5 Å². The van der Waals surface area contributed by atoms with E-state index in [-0.39, 0.29) is 18.6 Å². The number of carbonyl (C=O) groups excluding carboxylic acids is 1. The van der Waals surface area contributed by atoms with Gasteiger partial charge in [0.15, 0.2) is 0 Å². The minimum atomic E-state index is -0.119. The zero-order chi connectivity index (χ0) is 17.5. The van der Waals surface area contributed by atoms with Gasteiger partial charge in [-0.05, 0) is 50.2 Å². The first-order chi connectivity index (χ1) is 11.5. The first-order valence-electron chi connectivity index (χ1n) is 8.02. The largest absolute Gasteiger partial charge is 0.489 e. The van der Waals surface area contributed by atoms with E-state index >= 15 is 0 Å². The summed E-state index contributed by atoms with van der Waals surface area (Å²) in [4.78, 5) is 14.2. The predicted molar refractivity (Wildman–Crippen MR) is 100 cm³/mol. The maximum Gasteiger partial charge on any atom is 0.243 e. The van der Waals surface area contributed by atoms with E-state index < -0.39 is 0 Å². The maximum absolute atomic E-state index is 12.2.